The Morgan fingerprint density at radius 3 is 2.72 bits per heavy atom. The van der Waals surface area contributed by atoms with Gasteiger partial charge in [0.25, 0.3) is 11.7 Å². The number of ketones is 1. The van der Waals surface area contributed by atoms with E-state index in [4.69, 9.17) is 9.47 Å². The number of aliphatic hydroxyl groups excluding tert-OH is 1. The van der Waals surface area contributed by atoms with Crippen molar-refractivity contribution in [2.45, 2.75) is 19.4 Å². The van der Waals surface area contributed by atoms with Crippen molar-refractivity contribution in [1.82, 2.24) is 14.3 Å². The number of carbonyl (C=O) groups excluding carboxylic acids is 2. The summed E-state index contributed by atoms with van der Waals surface area (Å²) in [7, 11) is 3.14. The van der Waals surface area contributed by atoms with Gasteiger partial charge in [0.1, 0.15) is 17.1 Å². The molecule has 8 heteroatoms. The number of aromatic nitrogens is 2. The van der Waals surface area contributed by atoms with E-state index in [1.165, 1.54) is 4.90 Å². The van der Waals surface area contributed by atoms with Gasteiger partial charge in [0.05, 0.1) is 24.4 Å². The fraction of sp³-hybridized carbons (Fsp3) is 0.292. The van der Waals surface area contributed by atoms with Crippen LogP contribution in [0, 0.1) is 6.92 Å². The van der Waals surface area contributed by atoms with Crippen LogP contribution in [0.4, 0.5) is 0 Å². The number of nitrogens with zero attached hydrogens (tertiary/aromatic N) is 3. The number of aryl methyl sites for hydroxylation is 1. The molecule has 32 heavy (non-hydrogen) atoms. The van der Waals surface area contributed by atoms with E-state index in [0.29, 0.717) is 47.9 Å². The molecule has 1 aromatic carbocycles. The number of pyridine rings is 1. The van der Waals surface area contributed by atoms with Gasteiger partial charge in [-0.2, -0.15) is 0 Å². The summed E-state index contributed by atoms with van der Waals surface area (Å²) >= 11 is 0. The molecule has 1 aliphatic rings. The molecule has 1 N–H and O–H groups in total. The lowest BCUT2D eigenvalue weighted by atomic mass is 9.96. The predicted octanol–water partition coefficient (Wildman–Crippen LogP) is 3.11. The number of benzene rings is 1. The zero-order chi connectivity index (χ0) is 22.8. The number of imidazole rings is 1. The lowest BCUT2D eigenvalue weighted by Gasteiger charge is -2.25. The second-order valence-electron chi connectivity index (χ2n) is 7.59. The highest BCUT2D eigenvalue weighted by atomic mass is 16.5. The molecule has 1 unspecified atom stereocenters. The summed E-state index contributed by atoms with van der Waals surface area (Å²) in [4.78, 5) is 32.1. The molecule has 0 aliphatic carbocycles. The van der Waals surface area contributed by atoms with Gasteiger partial charge in [-0.3, -0.25) is 14.0 Å². The number of aliphatic hydroxyl groups is 1. The fourth-order valence-electron chi connectivity index (χ4n) is 4.17. The van der Waals surface area contributed by atoms with Gasteiger partial charge >= 0.3 is 0 Å². The molecule has 3 aromatic rings. The van der Waals surface area contributed by atoms with Gasteiger partial charge in [-0.05, 0) is 43.2 Å². The van der Waals surface area contributed by atoms with Gasteiger partial charge in [-0.15, -0.1) is 0 Å². The van der Waals surface area contributed by atoms with Crippen LogP contribution in [0.1, 0.15) is 29.4 Å². The molecule has 2 aromatic heterocycles. The first-order valence-corrected chi connectivity index (χ1v) is 10.3. The number of likely N-dealkylation sites (tertiary alicyclic amines) is 1. The summed E-state index contributed by atoms with van der Waals surface area (Å²) in [5.41, 5.74) is 2.30. The maximum absolute atomic E-state index is 13.2. The quantitative estimate of drug-likeness (QED) is 0.265. The smallest absolute Gasteiger partial charge is 0.295 e. The van der Waals surface area contributed by atoms with Crippen LogP contribution in [0.5, 0.6) is 5.75 Å². The maximum Gasteiger partial charge on any atom is 0.295 e. The Balaban J connectivity index is 1.91. The number of hydrogen-bond acceptors (Lipinski definition) is 6. The van der Waals surface area contributed by atoms with E-state index in [0.717, 1.165) is 0 Å². The van der Waals surface area contributed by atoms with Crippen LogP contribution in [0.25, 0.3) is 11.4 Å². The molecule has 166 valence electrons. The van der Waals surface area contributed by atoms with Crippen molar-refractivity contribution in [1.29, 1.82) is 0 Å². The van der Waals surface area contributed by atoms with E-state index >= 15 is 0 Å². The number of rotatable bonds is 7. The van der Waals surface area contributed by atoms with Crippen molar-refractivity contribution in [3.05, 3.63) is 71.2 Å². The third kappa shape index (κ3) is 3.62. The van der Waals surface area contributed by atoms with Crippen molar-refractivity contribution < 1.29 is 24.2 Å². The highest BCUT2D eigenvalue weighted by Crippen LogP contribution is 2.40. The van der Waals surface area contributed by atoms with Crippen LogP contribution in [-0.2, 0) is 14.3 Å². The molecule has 0 radical (unpaired) electrons. The Labute approximate surface area is 185 Å². The molecule has 0 saturated carbocycles. The summed E-state index contributed by atoms with van der Waals surface area (Å²) in [6.45, 7) is 2.51. The summed E-state index contributed by atoms with van der Waals surface area (Å²) in [5, 5.41) is 11.4. The van der Waals surface area contributed by atoms with E-state index in [2.05, 4.69) is 4.98 Å². The molecule has 4 rings (SSSR count). The number of amides is 1. The van der Waals surface area contributed by atoms with Crippen LogP contribution >= 0.6 is 0 Å². The number of fused-ring (bicyclic) bond motifs is 1. The third-order valence-corrected chi connectivity index (χ3v) is 5.63. The third-order valence-electron chi connectivity index (χ3n) is 5.63. The number of ether oxygens (including phenoxy) is 2. The number of Topliss-reactive ketones (excluding diaryl/α,β-unsaturated/α-hetero) is 1. The predicted molar refractivity (Wildman–Crippen MR) is 118 cm³/mol. The Morgan fingerprint density at radius 1 is 1.16 bits per heavy atom. The molecule has 0 spiro atoms. The Hall–Kier alpha value is -3.65. The number of hydrogen-bond donors (Lipinski definition) is 1. The van der Waals surface area contributed by atoms with Crippen molar-refractivity contribution in [3.63, 3.8) is 0 Å². The lowest BCUT2D eigenvalue weighted by Crippen LogP contribution is -2.31. The first-order valence-electron chi connectivity index (χ1n) is 10.3. The van der Waals surface area contributed by atoms with Crippen molar-refractivity contribution in [2.75, 3.05) is 27.4 Å². The summed E-state index contributed by atoms with van der Waals surface area (Å²) in [6, 6.07) is 11.9. The van der Waals surface area contributed by atoms with Gasteiger partial charge in [0, 0.05) is 26.5 Å². The molecule has 1 fully saturated rings. The van der Waals surface area contributed by atoms with E-state index in [-0.39, 0.29) is 11.3 Å². The second kappa shape index (κ2) is 8.84. The van der Waals surface area contributed by atoms with Crippen LogP contribution in [0.2, 0.25) is 0 Å². The zero-order valence-electron chi connectivity index (χ0n) is 18.2. The maximum atomic E-state index is 13.2. The van der Waals surface area contributed by atoms with Crippen molar-refractivity contribution in [2.24, 2.45) is 0 Å². The van der Waals surface area contributed by atoms with Crippen LogP contribution in [0.15, 0.2) is 54.2 Å². The molecule has 1 saturated heterocycles. The lowest BCUT2D eigenvalue weighted by molar-refractivity contribution is -0.140. The first kappa shape index (κ1) is 21.6. The van der Waals surface area contributed by atoms with Gasteiger partial charge < -0.3 is 19.5 Å². The van der Waals surface area contributed by atoms with Crippen LogP contribution < -0.4 is 4.74 Å². The summed E-state index contributed by atoms with van der Waals surface area (Å²) in [5.74, 6) is -1.03. The van der Waals surface area contributed by atoms with E-state index in [9.17, 15) is 14.7 Å². The Kier molecular flexibility index (Phi) is 5.96. The Morgan fingerprint density at radius 2 is 1.97 bits per heavy atom. The number of carbonyl (C=O) groups is 2. The van der Waals surface area contributed by atoms with Crippen molar-refractivity contribution >= 4 is 23.1 Å². The molecular weight excluding hydrogens is 410 g/mol. The van der Waals surface area contributed by atoms with E-state index in [1.807, 2.05) is 24.3 Å². The van der Waals surface area contributed by atoms with Crippen molar-refractivity contribution in [3.8, 4) is 5.75 Å². The second-order valence-corrected chi connectivity index (χ2v) is 7.59. The summed E-state index contributed by atoms with van der Waals surface area (Å²) in [6.07, 6.45) is 2.32. The average Bonchev–Trinajstić information content (AvgIpc) is 3.27. The topological polar surface area (TPSA) is 93.4 Å². The van der Waals surface area contributed by atoms with E-state index < -0.39 is 17.7 Å². The van der Waals surface area contributed by atoms with Gasteiger partial charge in [0.15, 0.2) is 5.76 Å². The van der Waals surface area contributed by atoms with Crippen LogP contribution in [-0.4, -0.2) is 58.5 Å². The molecular formula is C24H25N3O5. The molecule has 1 aliphatic heterocycles. The Bertz CT molecular complexity index is 1210. The SMILES string of the molecule is COCCCN1C(=O)C(=O)C(=C(O)c2c(C)nc3ccccn23)C1c1cccc(OC)c1. The van der Waals surface area contributed by atoms with Gasteiger partial charge in [-0.25, -0.2) is 4.98 Å². The fourth-order valence-corrected chi connectivity index (χ4v) is 4.17. The average molecular weight is 435 g/mol. The minimum Gasteiger partial charge on any atom is -0.505 e. The number of methoxy groups -OCH3 is 2. The standard InChI is InChI=1S/C24H25N3O5/c1-15-20(26-11-5-4-10-18(26)25-15)22(28)19-21(16-8-6-9-17(14-16)32-3)27(12-7-13-31-2)24(30)23(19)29/h4-6,8-11,14,21,28H,7,12-13H2,1-3H3. The molecule has 1 atom stereocenters. The zero-order valence-corrected chi connectivity index (χ0v) is 18.2. The first-order chi connectivity index (χ1) is 15.5. The normalized spacial score (nSPS) is 18.0. The summed E-state index contributed by atoms with van der Waals surface area (Å²) < 4.78 is 12.2. The van der Waals surface area contributed by atoms with E-state index in [1.54, 1.807) is 49.9 Å². The molecule has 0 bridgehead atoms. The molecule has 8 nitrogen and oxygen atoms in total. The van der Waals surface area contributed by atoms with Crippen LogP contribution in [0.3, 0.4) is 0 Å². The molecule has 1 amide bonds. The van der Waals surface area contributed by atoms with Gasteiger partial charge in [-0.1, -0.05) is 18.2 Å². The minimum absolute atomic E-state index is 0.0365. The largest absolute Gasteiger partial charge is 0.505 e. The highest BCUT2D eigenvalue weighted by Gasteiger charge is 2.46. The monoisotopic (exact) mass is 435 g/mol. The van der Waals surface area contributed by atoms with Gasteiger partial charge in [0.2, 0.25) is 0 Å². The highest BCUT2D eigenvalue weighted by molar-refractivity contribution is 6.46. The molecule has 3 heterocycles. The minimum atomic E-state index is -0.754.